The molecule has 2 aromatic rings. The van der Waals surface area contributed by atoms with E-state index in [-0.39, 0.29) is 5.91 Å². The van der Waals surface area contributed by atoms with E-state index in [1.165, 1.54) is 17.4 Å². The van der Waals surface area contributed by atoms with Gasteiger partial charge in [-0.2, -0.15) is 0 Å². The van der Waals surface area contributed by atoms with Crippen LogP contribution >= 0.6 is 11.3 Å². The van der Waals surface area contributed by atoms with E-state index in [4.69, 9.17) is 10.5 Å². The van der Waals surface area contributed by atoms with Crippen molar-refractivity contribution in [2.45, 2.75) is 45.4 Å². The van der Waals surface area contributed by atoms with Gasteiger partial charge in [-0.15, -0.1) is 11.3 Å². The van der Waals surface area contributed by atoms with Crippen molar-refractivity contribution in [2.24, 2.45) is 5.73 Å². The van der Waals surface area contributed by atoms with E-state index in [2.05, 4.69) is 12.2 Å². The third kappa shape index (κ3) is 4.81. The van der Waals surface area contributed by atoms with Gasteiger partial charge in [0.05, 0.1) is 12.2 Å². The summed E-state index contributed by atoms with van der Waals surface area (Å²) >= 11 is 1.47. The maximum atomic E-state index is 12.5. The molecule has 2 amide bonds. The Kier molecular flexibility index (Phi) is 6.87. The number of unbranched alkanes of at least 4 members (excludes halogenated alkanes) is 1. The average Bonchev–Trinajstić information content (AvgIpc) is 3.05. The van der Waals surface area contributed by atoms with E-state index in [1.54, 1.807) is 6.08 Å². The van der Waals surface area contributed by atoms with E-state index in [0.29, 0.717) is 17.2 Å². The quantitative estimate of drug-likeness (QED) is 0.505. The zero-order valence-electron chi connectivity index (χ0n) is 16.1. The fraction of sp³-hybridized carbons (Fsp3) is 0.364. The standard InChI is InChI=1S/C22H26N2O3S/c1-2-3-14-27-17-10-6-4-8-15(17)12-13-19(25)24-22-20(21(23)26)16-9-5-7-11-18(16)28-22/h4,6,8,10,12-13H,2-3,5,7,9,11,14H2,1H3,(H2,23,26)(H,24,25). The van der Waals surface area contributed by atoms with E-state index in [9.17, 15) is 9.59 Å². The van der Waals surface area contributed by atoms with Gasteiger partial charge in [-0.3, -0.25) is 9.59 Å². The minimum atomic E-state index is -0.478. The summed E-state index contributed by atoms with van der Waals surface area (Å²) in [5, 5.41) is 3.40. The molecule has 6 heteroatoms. The maximum absolute atomic E-state index is 12.5. The number of ether oxygens (including phenoxy) is 1. The van der Waals surface area contributed by atoms with Crippen molar-refractivity contribution in [2.75, 3.05) is 11.9 Å². The van der Waals surface area contributed by atoms with Gasteiger partial charge in [0.1, 0.15) is 10.8 Å². The molecule has 0 saturated heterocycles. The lowest BCUT2D eigenvalue weighted by molar-refractivity contribution is -0.111. The molecule has 0 saturated carbocycles. The van der Waals surface area contributed by atoms with Gasteiger partial charge in [0.25, 0.3) is 5.91 Å². The summed E-state index contributed by atoms with van der Waals surface area (Å²) in [4.78, 5) is 25.6. The largest absolute Gasteiger partial charge is 0.493 e. The number of hydrogen-bond acceptors (Lipinski definition) is 4. The van der Waals surface area contributed by atoms with Crippen LogP contribution in [0, 0.1) is 0 Å². The molecule has 1 aliphatic carbocycles. The van der Waals surface area contributed by atoms with Gasteiger partial charge >= 0.3 is 0 Å². The molecule has 1 aliphatic rings. The number of para-hydroxylation sites is 1. The number of nitrogens with one attached hydrogen (secondary N) is 1. The number of amides is 2. The van der Waals surface area contributed by atoms with Crippen LogP contribution in [0.1, 0.15) is 59.0 Å². The second kappa shape index (κ2) is 9.55. The highest BCUT2D eigenvalue weighted by Gasteiger charge is 2.24. The molecule has 148 valence electrons. The topological polar surface area (TPSA) is 81.4 Å². The van der Waals surface area contributed by atoms with E-state index in [1.807, 2.05) is 24.3 Å². The lowest BCUT2D eigenvalue weighted by Crippen LogP contribution is -2.17. The fourth-order valence-electron chi connectivity index (χ4n) is 3.31. The highest BCUT2D eigenvalue weighted by molar-refractivity contribution is 7.17. The van der Waals surface area contributed by atoms with Crippen molar-refractivity contribution < 1.29 is 14.3 Å². The first-order valence-corrected chi connectivity index (χ1v) is 10.6. The van der Waals surface area contributed by atoms with Crippen LogP contribution in [0.2, 0.25) is 0 Å². The molecule has 28 heavy (non-hydrogen) atoms. The highest BCUT2D eigenvalue weighted by atomic mass is 32.1. The summed E-state index contributed by atoms with van der Waals surface area (Å²) in [6.45, 7) is 2.76. The van der Waals surface area contributed by atoms with Crippen LogP contribution in [0.25, 0.3) is 6.08 Å². The predicted molar refractivity (Wildman–Crippen MR) is 114 cm³/mol. The Labute approximate surface area is 169 Å². The Hall–Kier alpha value is -2.60. The number of aryl methyl sites for hydroxylation is 1. The van der Waals surface area contributed by atoms with Crippen LogP contribution in [-0.2, 0) is 17.6 Å². The van der Waals surface area contributed by atoms with Crippen molar-refractivity contribution in [3.8, 4) is 5.75 Å². The minimum Gasteiger partial charge on any atom is -0.493 e. The van der Waals surface area contributed by atoms with Crippen LogP contribution in [-0.4, -0.2) is 18.4 Å². The first kappa shape index (κ1) is 20.1. The highest BCUT2D eigenvalue weighted by Crippen LogP contribution is 2.37. The average molecular weight is 399 g/mol. The second-order valence-electron chi connectivity index (χ2n) is 6.84. The number of fused-ring (bicyclic) bond motifs is 1. The predicted octanol–water partition coefficient (Wildman–Crippen LogP) is 4.56. The van der Waals surface area contributed by atoms with Gasteiger partial charge in [0.15, 0.2) is 0 Å². The minimum absolute atomic E-state index is 0.288. The number of nitrogens with two attached hydrogens (primary N) is 1. The lowest BCUT2D eigenvalue weighted by Gasteiger charge is -2.11. The first-order chi connectivity index (χ1) is 13.6. The Morgan fingerprint density at radius 2 is 2.04 bits per heavy atom. The molecule has 1 aromatic carbocycles. The summed E-state index contributed by atoms with van der Waals surface area (Å²) in [5.74, 6) is -0.0118. The van der Waals surface area contributed by atoms with Crippen molar-refractivity contribution in [3.05, 3.63) is 51.9 Å². The third-order valence-corrected chi connectivity index (χ3v) is 5.95. The van der Waals surface area contributed by atoms with Gasteiger partial charge in [-0.25, -0.2) is 0 Å². The number of primary amides is 1. The normalized spacial score (nSPS) is 13.3. The molecule has 0 aliphatic heterocycles. The lowest BCUT2D eigenvalue weighted by atomic mass is 9.95. The number of thiophene rings is 1. The third-order valence-electron chi connectivity index (χ3n) is 4.74. The summed E-state index contributed by atoms with van der Waals surface area (Å²) < 4.78 is 5.79. The summed E-state index contributed by atoms with van der Waals surface area (Å²) in [6.07, 6.45) is 9.18. The van der Waals surface area contributed by atoms with Gasteiger partial charge in [-0.1, -0.05) is 31.5 Å². The van der Waals surface area contributed by atoms with Crippen molar-refractivity contribution in [1.29, 1.82) is 0 Å². The Morgan fingerprint density at radius 1 is 1.25 bits per heavy atom. The van der Waals surface area contributed by atoms with Gasteiger partial charge in [0.2, 0.25) is 5.91 Å². The number of rotatable bonds is 8. The Balaban J connectivity index is 1.73. The van der Waals surface area contributed by atoms with Crippen LogP contribution in [0.15, 0.2) is 30.3 Å². The van der Waals surface area contributed by atoms with E-state index >= 15 is 0 Å². The maximum Gasteiger partial charge on any atom is 0.251 e. The smallest absolute Gasteiger partial charge is 0.251 e. The number of hydrogen-bond donors (Lipinski definition) is 2. The fourth-order valence-corrected chi connectivity index (χ4v) is 4.61. The molecule has 5 nitrogen and oxygen atoms in total. The molecule has 3 rings (SSSR count). The molecular formula is C22H26N2O3S. The first-order valence-electron chi connectivity index (χ1n) is 9.75. The van der Waals surface area contributed by atoms with E-state index < -0.39 is 5.91 Å². The van der Waals surface area contributed by atoms with Crippen LogP contribution in [0.3, 0.4) is 0 Å². The molecule has 0 fully saturated rings. The van der Waals surface area contributed by atoms with Crippen LogP contribution < -0.4 is 15.8 Å². The van der Waals surface area contributed by atoms with Gasteiger partial charge in [-0.05, 0) is 49.8 Å². The number of carbonyl (C=O) groups excluding carboxylic acids is 2. The molecule has 3 N–H and O–H groups in total. The molecular weight excluding hydrogens is 372 g/mol. The molecule has 0 spiro atoms. The molecule has 0 atom stereocenters. The van der Waals surface area contributed by atoms with Gasteiger partial charge in [0, 0.05) is 16.5 Å². The second-order valence-corrected chi connectivity index (χ2v) is 7.95. The Morgan fingerprint density at radius 3 is 2.82 bits per heavy atom. The molecule has 1 aromatic heterocycles. The monoisotopic (exact) mass is 398 g/mol. The van der Waals surface area contributed by atoms with Crippen molar-refractivity contribution >= 4 is 34.2 Å². The number of anilines is 1. The molecule has 1 heterocycles. The van der Waals surface area contributed by atoms with E-state index in [0.717, 1.165) is 60.3 Å². The van der Waals surface area contributed by atoms with Gasteiger partial charge < -0.3 is 15.8 Å². The number of benzene rings is 1. The van der Waals surface area contributed by atoms with Crippen LogP contribution in [0.4, 0.5) is 5.00 Å². The van der Waals surface area contributed by atoms with Crippen molar-refractivity contribution in [3.63, 3.8) is 0 Å². The zero-order chi connectivity index (χ0) is 19.9. The molecule has 0 unspecified atom stereocenters. The summed E-state index contributed by atoms with van der Waals surface area (Å²) in [5.41, 5.74) is 7.91. The molecule has 0 radical (unpaired) electrons. The zero-order valence-corrected chi connectivity index (χ0v) is 16.9. The number of carbonyl (C=O) groups is 2. The molecule has 0 bridgehead atoms. The SMILES string of the molecule is CCCCOc1ccccc1C=CC(=O)Nc1sc2c(c1C(N)=O)CCCC2. The summed E-state index contributed by atoms with van der Waals surface area (Å²) in [6, 6.07) is 7.62. The Bertz CT molecular complexity index is 886. The van der Waals surface area contributed by atoms with Crippen LogP contribution in [0.5, 0.6) is 5.75 Å². The summed E-state index contributed by atoms with van der Waals surface area (Å²) in [7, 11) is 0. The van der Waals surface area contributed by atoms with Crippen molar-refractivity contribution in [1.82, 2.24) is 0 Å².